The zero-order chi connectivity index (χ0) is 19.2. The largest absolute Gasteiger partial charge is 0.330 e. The molecule has 26 heavy (non-hydrogen) atoms. The van der Waals surface area contributed by atoms with Crippen LogP contribution in [0.1, 0.15) is 77.8 Å². The van der Waals surface area contributed by atoms with Gasteiger partial charge in [-0.2, -0.15) is 0 Å². The number of nitrogens with two attached hydrogens (primary N) is 1. The highest BCUT2D eigenvalue weighted by molar-refractivity contribution is 5.27. The van der Waals surface area contributed by atoms with Gasteiger partial charge in [-0.3, -0.25) is 4.90 Å². The van der Waals surface area contributed by atoms with Crippen molar-refractivity contribution >= 4 is 0 Å². The molecule has 2 heteroatoms. The molecule has 0 heterocycles. The Labute approximate surface area is 162 Å². The molecule has 2 rings (SSSR count). The highest BCUT2D eigenvalue weighted by atomic mass is 15.1. The van der Waals surface area contributed by atoms with E-state index >= 15 is 0 Å². The van der Waals surface area contributed by atoms with Crippen molar-refractivity contribution in [3.05, 3.63) is 35.4 Å². The lowest BCUT2D eigenvalue weighted by molar-refractivity contribution is 0.170. The number of benzene rings is 1. The van der Waals surface area contributed by atoms with Crippen LogP contribution in [0.5, 0.6) is 0 Å². The molecule has 1 aromatic carbocycles. The third-order valence-electron chi connectivity index (χ3n) is 6.06. The molecule has 1 aliphatic rings. The molecule has 1 saturated carbocycles. The van der Waals surface area contributed by atoms with Gasteiger partial charge in [0.15, 0.2) is 0 Å². The quantitative estimate of drug-likeness (QED) is 0.655. The van der Waals surface area contributed by atoms with E-state index in [4.69, 9.17) is 5.73 Å². The Bertz CT molecular complexity index is 504. The van der Waals surface area contributed by atoms with E-state index < -0.39 is 0 Å². The summed E-state index contributed by atoms with van der Waals surface area (Å²) < 4.78 is 0. The Balaban J connectivity index is 1.95. The van der Waals surface area contributed by atoms with Crippen LogP contribution in [0.15, 0.2) is 24.3 Å². The van der Waals surface area contributed by atoms with Crippen LogP contribution < -0.4 is 5.73 Å². The van der Waals surface area contributed by atoms with Crippen LogP contribution in [-0.4, -0.2) is 24.5 Å². The average molecular weight is 359 g/mol. The first kappa shape index (κ1) is 21.4. The molecule has 0 bridgehead atoms. The van der Waals surface area contributed by atoms with Gasteiger partial charge < -0.3 is 5.73 Å². The Morgan fingerprint density at radius 2 is 1.58 bits per heavy atom. The van der Waals surface area contributed by atoms with Gasteiger partial charge in [-0.05, 0) is 79.5 Å². The van der Waals surface area contributed by atoms with Gasteiger partial charge in [-0.15, -0.1) is 0 Å². The normalized spacial score (nSPS) is 21.5. The second kappa shape index (κ2) is 9.90. The molecule has 2 nitrogen and oxygen atoms in total. The summed E-state index contributed by atoms with van der Waals surface area (Å²) in [4.78, 5) is 2.71. The van der Waals surface area contributed by atoms with Crippen molar-refractivity contribution in [1.29, 1.82) is 0 Å². The van der Waals surface area contributed by atoms with Gasteiger partial charge in [0, 0.05) is 13.1 Å². The molecule has 0 radical (unpaired) electrons. The van der Waals surface area contributed by atoms with Crippen molar-refractivity contribution in [2.24, 2.45) is 23.5 Å². The number of hydrogen-bond acceptors (Lipinski definition) is 2. The third kappa shape index (κ3) is 7.04. The van der Waals surface area contributed by atoms with E-state index in [1.165, 1.54) is 56.3 Å². The van der Waals surface area contributed by atoms with Crippen LogP contribution in [0.25, 0.3) is 0 Å². The van der Waals surface area contributed by atoms with E-state index in [1.54, 1.807) is 0 Å². The topological polar surface area (TPSA) is 29.3 Å². The summed E-state index contributed by atoms with van der Waals surface area (Å²) in [5, 5.41) is 0. The Kier molecular flexibility index (Phi) is 8.16. The van der Waals surface area contributed by atoms with Gasteiger partial charge in [0.25, 0.3) is 0 Å². The molecule has 1 aromatic rings. The fraction of sp³-hybridized carbons (Fsp3) is 0.750. The van der Waals surface area contributed by atoms with E-state index in [9.17, 15) is 0 Å². The van der Waals surface area contributed by atoms with Gasteiger partial charge in [-0.25, -0.2) is 0 Å². The zero-order valence-corrected chi connectivity index (χ0v) is 17.9. The summed E-state index contributed by atoms with van der Waals surface area (Å²) in [6.07, 6.45) is 6.68. The van der Waals surface area contributed by atoms with Crippen LogP contribution in [0.2, 0.25) is 0 Å². The molecule has 148 valence electrons. The van der Waals surface area contributed by atoms with E-state index in [1.807, 2.05) is 0 Å². The Morgan fingerprint density at radius 3 is 2.08 bits per heavy atom. The maximum atomic E-state index is 5.87. The van der Waals surface area contributed by atoms with Crippen molar-refractivity contribution < 1.29 is 0 Å². The molecule has 0 saturated heterocycles. The maximum Gasteiger partial charge on any atom is 0.0233 e. The fourth-order valence-corrected chi connectivity index (χ4v) is 4.06. The van der Waals surface area contributed by atoms with Crippen LogP contribution in [0.3, 0.4) is 0 Å². The van der Waals surface area contributed by atoms with Crippen molar-refractivity contribution in [3.8, 4) is 0 Å². The van der Waals surface area contributed by atoms with Crippen LogP contribution in [-0.2, 0) is 12.0 Å². The molecule has 0 spiro atoms. The van der Waals surface area contributed by atoms with E-state index in [0.717, 1.165) is 30.8 Å². The Hall–Kier alpha value is -0.860. The summed E-state index contributed by atoms with van der Waals surface area (Å²) in [5.41, 5.74) is 8.98. The molecule has 0 unspecified atom stereocenters. The lowest BCUT2D eigenvalue weighted by Gasteiger charge is -2.33. The first-order valence-corrected chi connectivity index (χ1v) is 10.8. The number of rotatable bonds is 8. The minimum absolute atomic E-state index is 0.234. The molecule has 1 fully saturated rings. The summed E-state index contributed by atoms with van der Waals surface area (Å²) in [5.74, 6) is 2.41. The van der Waals surface area contributed by atoms with Crippen LogP contribution >= 0.6 is 0 Å². The molecule has 0 aromatic heterocycles. The van der Waals surface area contributed by atoms with Gasteiger partial charge in [0.05, 0.1) is 0 Å². The smallest absolute Gasteiger partial charge is 0.0233 e. The number of nitrogens with zero attached hydrogens (tertiary/aromatic N) is 1. The van der Waals surface area contributed by atoms with E-state index in [-0.39, 0.29) is 5.41 Å². The van der Waals surface area contributed by atoms with Gasteiger partial charge in [0.1, 0.15) is 0 Å². The molecule has 1 aliphatic carbocycles. The van der Waals surface area contributed by atoms with Crippen LogP contribution in [0, 0.1) is 17.8 Å². The predicted molar refractivity (Wildman–Crippen MR) is 114 cm³/mol. The number of hydrogen-bond donors (Lipinski definition) is 1. The van der Waals surface area contributed by atoms with Gasteiger partial charge in [-0.1, -0.05) is 58.9 Å². The molecule has 0 atom stereocenters. The van der Waals surface area contributed by atoms with E-state index in [0.29, 0.717) is 0 Å². The highest BCUT2D eigenvalue weighted by Gasteiger charge is 2.22. The first-order valence-electron chi connectivity index (χ1n) is 10.8. The van der Waals surface area contributed by atoms with Crippen molar-refractivity contribution in [1.82, 2.24) is 4.90 Å². The van der Waals surface area contributed by atoms with Crippen molar-refractivity contribution in [2.75, 3.05) is 19.6 Å². The van der Waals surface area contributed by atoms with Gasteiger partial charge in [0.2, 0.25) is 0 Å². The summed E-state index contributed by atoms with van der Waals surface area (Å²) in [6, 6.07) is 9.33. The maximum absolute atomic E-state index is 5.87. The molecular weight excluding hydrogens is 316 g/mol. The Morgan fingerprint density at radius 1 is 1.00 bits per heavy atom. The zero-order valence-electron chi connectivity index (χ0n) is 17.9. The standard InChI is InChI=1S/C24H42N2/c1-19(2)14-15-26(17-21-8-6-20(16-25)7-9-21)18-22-10-12-23(13-11-22)24(3,4)5/h10-13,19-21H,6-9,14-18,25H2,1-5H3. The van der Waals surface area contributed by atoms with E-state index in [2.05, 4.69) is 63.8 Å². The fourth-order valence-electron chi connectivity index (χ4n) is 4.06. The molecular formula is C24H42N2. The first-order chi connectivity index (χ1) is 12.3. The highest BCUT2D eigenvalue weighted by Crippen LogP contribution is 2.29. The summed E-state index contributed by atoms with van der Waals surface area (Å²) in [7, 11) is 0. The summed E-state index contributed by atoms with van der Waals surface area (Å²) in [6.45, 7) is 16.0. The van der Waals surface area contributed by atoms with Crippen LogP contribution in [0.4, 0.5) is 0 Å². The average Bonchev–Trinajstić information content (AvgIpc) is 2.60. The lowest BCUT2D eigenvalue weighted by Crippen LogP contribution is -2.33. The molecule has 2 N–H and O–H groups in total. The van der Waals surface area contributed by atoms with Crippen molar-refractivity contribution in [2.45, 2.75) is 78.7 Å². The second-order valence-corrected chi connectivity index (χ2v) is 9.99. The van der Waals surface area contributed by atoms with Gasteiger partial charge >= 0.3 is 0 Å². The minimum Gasteiger partial charge on any atom is -0.330 e. The minimum atomic E-state index is 0.234. The lowest BCUT2D eigenvalue weighted by atomic mass is 9.81. The monoisotopic (exact) mass is 358 g/mol. The second-order valence-electron chi connectivity index (χ2n) is 9.99. The SMILES string of the molecule is CC(C)CCN(Cc1ccc(C(C)(C)C)cc1)CC1CCC(CN)CC1. The van der Waals surface area contributed by atoms with Crippen molar-refractivity contribution in [3.63, 3.8) is 0 Å². The molecule has 0 amide bonds. The molecule has 0 aliphatic heterocycles. The summed E-state index contributed by atoms with van der Waals surface area (Å²) >= 11 is 0. The third-order valence-corrected chi connectivity index (χ3v) is 6.06. The predicted octanol–water partition coefficient (Wildman–Crippen LogP) is 5.60.